The third kappa shape index (κ3) is 3.75. The van der Waals surface area contributed by atoms with Gasteiger partial charge in [-0.05, 0) is 30.3 Å². The summed E-state index contributed by atoms with van der Waals surface area (Å²) >= 11 is 6.37. The predicted molar refractivity (Wildman–Crippen MR) is 77.5 cm³/mol. The molecule has 19 heavy (non-hydrogen) atoms. The maximum Gasteiger partial charge on any atom is 0.288 e. The fourth-order valence-electron chi connectivity index (χ4n) is 1.55. The Labute approximate surface area is 119 Å². The van der Waals surface area contributed by atoms with Crippen molar-refractivity contribution in [3.8, 4) is 0 Å². The van der Waals surface area contributed by atoms with Crippen molar-refractivity contribution in [3.63, 3.8) is 0 Å². The van der Waals surface area contributed by atoms with Gasteiger partial charge in [0.2, 0.25) is 0 Å². The summed E-state index contributed by atoms with van der Waals surface area (Å²) in [5, 5.41) is 3.55. The minimum atomic E-state index is -2.47. The van der Waals surface area contributed by atoms with Crippen molar-refractivity contribution in [3.05, 3.63) is 47.5 Å². The first-order valence-electron chi connectivity index (χ1n) is 5.42. The van der Waals surface area contributed by atoms with E-state index in [0.29, 0.717) is 38.7 Å². The van der Waals surface area contributed by atoms with Gasteiger partial charge in [0.25, 0.3) is 5.76 Å². The molecule has 0 heterocycles. The monoisotopic (exact) mass is 300 g/mol. The van der Waals surface area contributed by atoms with Gasteiger partial charge in [0, 0.05) is 9.92 Å². The normalized spacial score (nSPS) is 10.7. The second-order valence-corrected chi connectivity index (χ2v) is 5.20. The Hall–Kier alpha value is -1.46. The van der Waals surface area contributed by atoms with Gasteiger partial charge in [-0.3, -0.25) is 0 Å². The molecule has 100 valence electrons. The van der Waals surface area contributed by atoms with E-state index >= 15 is 0 Å². The van der Waals surface area contributed by atoms with Crippen LogP contribution in [0, 0.1) is 0 Å². The van der Waals surface area contributed by atoms with Gasteiger partial charge >= 0.3 is 0 Å². The third-order valence-corrected chi connectivity index (χ3v) is 3.41. The van der Waals surface area contributed by atoms with E-state index < -0.39 is 5.76 Å². The number of rotatable bonds is 4. The highest BCUT2D eigenvalue weighted by atomic mass is 35.5. The Balaban J connectivity index is 2.30. The molecule has 2 nitrogen and oxygen atoms in total. The van der Waals surface area contributed by atoms with Crippen LogP contribution in [0.1, 0.15) is 0 Å². The molecule has 0 amide bonds. The molecule has 2 aromatic carbocycles. The number of alkyl halides is 2. The van der Waals surface area contributed by atoms with E-state index in [9.17, 15) is 8.78 Å². The molecule has 0 atom stereocenters. The Kier molecular flexibility index (Phi) is 4.50. The van der Waals surface area contributed by atoms with Crippen LogP contribution in [0.4, 0.5) is 25.8 Å². The molecule has 0 radical (unpaired) electrons. The smallest absolute Gasteiger partial charge is 0.288 e. The molecule has 2 aromatic rings. The van der Waals surface area contributed by atoms with Crippen LogP contribution in [0.25, 0.3) is 0 Å². The van der Waals surface area contributed by atoms with Gasteiger partial charge in [0.1, 0.15) is 0 Å². The molecule has 0 unspecified atom stereocenters. The highest BCUT2D eigenvalue weighted by Crippen LogP contribution is 2.35. The maximum atomic E-state index is 12.5. The zero-order valence-electron chi connectivity index (χ0n) is 9.74. The lowest BCUT2D eigenvalue weighted by molar-refractivity contribution is 0.252. The lowest BCUT2D eigenvalue weighted by atomic mass is 10.2. The SMILES string of the molecule is Nc1ccc(Cl)cc1Nc1ccccc1SC(F)F. The highest BCUT2D eigenvalue weighted by molar-refractivity contribution is 7.99. The van der Waals surface area contributed by atoms with Crippen molar-refractivity contribution in [2.75, 3.05) is 11.1 Å². The standard InChI is InChI=1S/C13H11ClF2N2S/c14-8-5-6-9(17)11(7-8)18-10-3-1-2-4-12(10)19-13(15)16/h1-7,13,18H,17H2. The summed E-state index contributed by atoms with van der Waals surface area (Å²) in [5.41, 5.74) is 7.48. The largest absolute Gasteiger partial charge is 0.397 e. The van der Waals surface area contributed by atoms with Crippen LogP contribution in [0.5, 0.6) is 0 Å². The van der Waals surface area contributed by atoms with Crippen molar-refractivity contribution >= 4 is 40.4 Å². The predicted octanol–water partition coefficient (Wildman–Crippen LogP) is 4.98. The van der Waals surface area contributed by atoms with Crippen LogP contribution < -0.4 is 11.1 Å². The number of nitrogens with two attached hydrogens (primary N) is 1. The molecule has 0 saturated carbocycles. The minimum absolute atomic E-state index is 0.455. The van der Waals surface area contributed by atoms with Crippen LogP contribution >= 0.6 is 23.4 Å². The van der Waals surface area contributed by atoms with Gasteiger partial charge in [-0.25, -0.2) is 0 Å². The summed E-state index contributed by atoms with van der Waals surface area (Å²) in [6.45, 7) is 0. The first-order chi connectivity index (χ1) is 9.06. The summed E-state index contributed by atoms with van der Waals surface area (Å²) in [5.74, 6) is -2.47. The Bertz CT molecular complexity index is 578. The zero-order valence-corrected chi connectivity index (χ0v) is 11.3. The third-order valence-electron chi connectivity index (χ3n) is 2.39. The van der Waals surface area contributed by atoms with Gasteiger partial charge < -0.3 is 11.1 Å². The second-order valence-electron chi connectivity index (χ2n) is 3.73. The van der Waals surface area contributed by atoms with Gasteiger partial charge in [0.05, 0.1) is 17.1 Å². The summed E-state index contributed by atoms with van der Waals surface area (Å²) in [6.07, 6.45) is 0. The number of halogens is 3. The number of thioether (sulfide) groups is 1. The molecule has 0 aliphatic carbocycles. The molecule has 3 N–H and O–H groups in total. The van der Waals surface area contributed by atoms with Crippen molar-refractivity contribution in [1.29, 1.82) is 0 Å². The molecular formula is C13H11ClF2N2S. The fraction of sp³-hybridized carbons (Fsp3) is 0.0769. The highest BCUT2D eigenvalue weighted by Gasteiger charge is 2.10. The van der Waals surface area contributed by atoms with E-state index in [1.165, 1.54) is 0 Å². The molecule has 0 aliphatic heterocycles. The van der Waals surface area contributed by atoms with Crippen molar-refractivity contribution < 1.29 is 8.78 Å². The molecular weight excluding hydrogens is 290 g/mol. The quantitative estimate of drug-likeness (QED) is 0.618. The van der Waals surface area contributed by atoms with Gasteiger partial charge in [0.15, 0.2) is 0 Å². The number of nitrogen functional groups attached to an aromatic ring is 1. The number of hydrogen-bond donors (Lipinski definition) is 2. The minimum Gasteiger partial charge on any atom is -0.397 e. The van der Waals surface area contributed by atoms with Crippen molar-refractivity contribution in [1.82, 2.24) is 0 Å². The first kappa shape index (κ1) is 14.0. The fourth-order valence-corrected chi connectivity index (χ4v) is 2.32. The average molecular weight is 301 g/mol. The Morgan fingerprint density at radius 2 is 1.84 bits per heavy atom. The topological polar surface area (TPSA) is 38.0 Å². The number of hydrogen-bond acceptors (Lipinski definition) is 3. The van der Waals surface area contributed by atoms with Crippen LogP contribution in [-0.4, -0.2) is 5.76 Å². The first-order valence-corrected chi connectivity index (χ1v) is 6.68. The van der Waals surface area contributed by atoms with Crippen LogP contribution in [-0.2, 0) is 0 Å². The van der Waals surface area contributed by atoms with E-state index in [1.807, 2.05) is 0 Å². The molecule has 0 aromatic heterocycles. The Morgan fingerprint density at radius 3 is 2.58 bits per heavy atom. The molecule has 0 saturated heterocycles. The summed E-state index contributed by atoms with van der Waals surface area (Å²) in [4.78, 5) is 0.455. The van der Waals surface area contributed by atoms with Gasteiger partial charge in [-0.15, -0.1) is 0 Å². The van der Waals surface area contributed by atoms with Crippen LogP contribution in [0.3, 0.4) is 0 Å². The molecule has 0 fully saturated rings. The molecule has 2 rings (SSSR count). The van der Waals surface area contributed by atoms with E-state index in [0.717, 1.165) is 0 Å². The number of anilines is 3. The lowest BCUT2D eigenvalue weighted by Crippen LogP contribution is -1.98. The van der Waals surface area contributed by atoms with E-state index in [4.69, 9.17) is 17.3 Å². The van der Waals surface area contributed by atoms with Crippen molar-refractivity contribution in [2.24, 2.45) is 0 Å². The molecule has 0 aliphatic rings. The Morgan fingerprint density at radius 1 is 1.11 bits per heavy atom. The number of nitrogens with one attached hydrogen (secondary N) is 1. The lowest BCUT2D eigenvalue weighted by Gasteiger charge is -2.13. The molecule has 6 heteroatoms. The number of benzene rings is 2. The van der Waals surface area contributed by atoms with E-state index in [1.54, 1.807) is 42.5 Å². The summed E-state index contributed by atoms with van der Waals surface area (Å²) < 4.78 is 24.9. The summed E-state index contributed by atoms with van der Waals surface area (Å²) in [6, 6.07) is 11.8. The van der Waals surface area contributed by atoms with Crippen LogP contribution in [0.15, 0.2) is 47.4 Å². The maximum absolute atomic E-state index is 12.5. The zero-order chi connectivity index (χ0) is 13.8. The van der Waals surface area contributed by atoms with E-state index in [-0.39, 0.29) is 0 Å². The van der Waals surface area contributed by atoms with Gasteiger partial charge in [-0.1, -0.05) is 35.5 Å². The molecule has 0 spiro atoms. The molecule has 0 bridgehead atoms. The van der Waals surface area contributed by atoms with Crippen LogP contribution in [0.2, 0.25) is 5.02 Å². The average Bonchev–Trinajstić information content (AvgIpc) is 2.35. The second kappa shape index (κ2) is 6.12. The summed E-state index contributed by atoms with van der Waals surface area (Å²) in [7, 11) is 0. The van der Waals surface area contributed by atoms with Crippen molar-refractivity contribution in [2.45, 2.75) is 10.7 Å². The van der Waals surface area contributed by atoms with E-state index in [2.05, 4.69) is 5.32 Å². The van der Waals surface area contributed by atoms with Gasteiger partial charge in [-0.2, -0.15) is 8.78 Å². The number of para-hydroxylation sites is 1.